The molecule has 2 aliphatic rings. The fourth-order valence-corrected chi connectivity index (χ4v) is 4.04. The van der Waals surface area contributed by atoms with Crippen LogP contribution in [-0.4, -0.2) is 46.5 Å². The van der Waals surface area contributed by atoms with Crippen LogP contribution in [0.2, 0.25) is 0 Å². The first kappa shape index (κ1) is 17.5. The van der Waals surface area contributed by atoms with Crippen molar-refractivity contribution < 1.29 is 4.79 Å². The second kappa shape index (κ2) is 6.87. The van der Waals surface area contributed by atoms with Gasteiger partial charge in [0.25, 0.3) is 5.91 Å². The molecule has 1 atom stereocenters. The SMILES string of the molecule is CC(C)CN1CCCC[C@@H]1Cc1nc2c([nH]1)CC(C)(C)CNC2=O. The normalized spacial score (nSPS) is 24.5. The van der Waals surface area contributed by atoms with E-state index in [4.69, 9.17) is 0 Å². The molecule has 1 amide bonds. The van der Waals surface area contributed by atoms with E-state index in [1.54, 1.807) is 0 Å². The first-order valence-corrected chi connectivity index (χ1v) is 9.44. The third kappa shape index (κ3) is 4.00. The summed E-state index contributed by atoms with van der Waals surface area (Å²) in [6.45, 7) is 12.0. The number of fused-ring (bicyclic) bond motifs is 1. The molecule has 3 heterocycles. The molecule has 0 unspecified atom stereocenters. The molecule has 0 radical (unpaired) electrons. The molecule has 5 nitrogen and oxygen atoms in total. The summed E-state index contributed by atoms with van der Waals surface area (Å²) in [4.78, 5) is 23.1. The molecule has 3 rings (SSSR count). The molecular weight excluding hydrogens is 300 g/mol. The molecule has 5 heteroatoms. The average molecular weight is 332 g/mol. The Morgan fingerprint density at radius 1 is 1.33 bits per heavy atom. The summed E-state index contributed by atoms with van der Waals surface area (Å²) >= 11 is 0. The van der Waals surface area contributed by atoms with Gasteiger partial charge >= 0.3 is 0 Å². The summed E-state index contributed by atoms with van der Waals surface area (Å²) in [6, 6.07) is 0.548. The average Bonchev–Trinajstić information content (AvgIpc) is 2.84. The van der Waals surface area contributed by atoms with E-state index in [1.807, 2.05) is 0 Å². The van der Waals surface area contributed by atoms with Gasteiger partial charge in [-0.1, -0.05) is 34.1 Å². The van der Waals surface area contributed by atoms with Crippen molar-refractivity contribution in [3.05, 3.63) is 17.2 Å². The standard InChI is InChI=1S/C19H32N4O/c1-13(2)11-23-8-6-5-7-14(23)9-16-21-15-10-19(3,4)12-20-18(24)17(15)22-16/h13-14H,5-12H2,1-4H3,(H,20,24)(H,21,22)/t14-/m1/s1. The van der Waals surface area contributed by atoms with Crippen LogP contribution in [0.15, 0.2) is 0 Å². The Labute approximate surface area is 145 Å². The Bertz CT molecular complexity index is 590. The number of nitrogens with zero attached hydrogens (tertiary/aromatic N) is 2. The molecule has 0 spiro atoms. The van der Waals surface area contributed by atoms with Crippen LogP contribution in [0.5, 0.6) is 0 Å². The van der Waals surface area contributed by atoms with E-state index in [0.717, 1.165) is 30.9 Å². The number of piperidine rings is 1. The molecular formula is C19H32N4O. The van der Waals surface area contributed by atoms with E-state index in [0.29, 0.717) is 24.2 Å². The van der Waals surface area contributed by atoms with Crippen LogP contribution in [-0.2, 0) is 12.8 Å². The molecule has 1 aromatic rings. The highest BCUT2D eigenvalue weighted by Gasteiger charge is 2.31. The minimum absolute atomic E-state index is 0.0271. The maximum Gasteiger partial charge on any atom is 0.271 e. The van der Waals surface area contributed by atoms with Gasteiger partial charge < -0.3 is 10.3 Å². The number of hydrogen-bond donors (Lipinski definition) is 2. The van der Waals surface area contributed by atoms with Crippen LogP contribution >= 0.6 is 0 Å². The molecule has 24 heavy (non-hydrogen) atoms. The fourth-order valence-electron chi connectivity index (χ4n) is 4.04. The summed E-state index contributed by atoms with van der Waals surface area (Å²) in [7, 11) is 0. The van der Waals surface area contributed by atoms with E-state index < -0.39 is 0 Å². The van der Waals surface area contributed by atoms with Gasteiger partial charge in [0.1, 0.15) is 11.5 Å². The number of carbonyl (C=O) groups excluding carboxylic acids is 1. The third-order valence-electron chi connectivity index (χ3n) is 5.20. The summed E-state index contributed by atoms with van der Waals surface area (Å²) in [5, 5.41) is 3.01. The van der Waals surface area contributed by atoms with Crippen LogP contribution in [0.3, 0.4) is 0 Å². The van der Waals surface area contributed by atoms with Crippen molar-refractivity contribution in [2.75, 3.05) is 19.6 Å². The molecule has 0 bridgehead atoms. The first-order valence-electron chi connectivity index (χ1n) is 9.44. The molecule has 134 valence electrons. The van der Waals surface area contributed by atoms with Gasteiger partial charge in [0, 0.05) is 31.2 Å². The van der Waals surface area contributed by atoms with Crippen molar-refractivity contribution in [1.29, 1.82) is 0 Å². The van der Waals surface area contributed by atoms with Gasteiger partial charge in [0.15, 0.2) is 0 Å². The van der Waals surface area contributed by atoms with Crippen LogP contribution in [0, 0.1) is 11.3 Å². The number of aromatic amines is 1. The lowest BCUT2D eigenvalue weighted by atomic mass is 9.88. The van der Waals surface area contributed by atoms with Crippen LogP contribution in [0.1, 0.15) is 69.0 Å². The predicted octanol–water partition coefficient (Wildman–Crippen LogP) is 2.77. The Morgan fingerprint density at radius 2 is 2.12 bits per heavy atom. The van der Waals surface area contributed by atoms with Gasteiger partial charge in [-0.15, -0.1) is 0 Å². The Balaban J connectivity index is 1.76. The summed E-state index contributed by atoms with van der Waals surface area (Å²) in [6.07, 6.45) is 5.62. The van der Waals surface area contributed by atoms with Gasteiger partial charge in [-0.05, 0) is 37.1 Å². The Morgan fingerprint density at radius 3 is 2.88 bits per heavy atom. The molecule has 1 saturated heterocycles. The number of hydrogen-bond acceptors (Lipinski definition) is 3. The Hall–Kier alpha value is -1.36. The lowest BCUT2D eigenvalue weighted by Crippen LogP contribution is -2.43. The lowest BCUT2D eigenvalue weighted by Gasteiger charge is -2.36. The largest absolute Gasteiger partial charge is 0.350 e. The smallest absolute Gasteiger partial charge is 0.271 e. The molecule has 2 aliphatic heterocycles. The molecule has 1 aromatic heterocycles. The maximum absolute atomic E-state index is 12.3. The number of carbonyl (C=O) groups is 1. The number of imidazole rings is 1. The van der Waals surface area contributed by atoms with Crippen molar-refractivity contribution in [2.45, 2.75) is 65.8 Å². The number of nitrogens with one attached hydrogen (secondary N) is 2. The highest BCUT2D eigenvalue weighted by molar-refractivity contribution is 5.93. The van der Waals surface area contributed by atoms with Gasteiger partial charge in [0.05, 0.1) is 0 Å². The molecule has 2 N–H and O–H groups in total. The van der Waals surface area contributed by atoms with E-state index >= 15 is 0 Å². The number of H-pyrrole nitrogens is 1. The van der Waals surface area contributed by atoms with E-state index in [-0.39, 0.29) is 11.3 Å². The topological polar surface area (TPSA) is 61.0 Å². The van der Waals surface area contributed by atoms with E-state index in [1.165, 1.54) is 25.8 Å². The molecule has 0 saturated carbocycles. The maximum atomic E-state index is 12.3. The van der Waals surface area contributed by atoms with E-state index in [2.05, 4.69) is 47.9 Å². The Kier molecular flexibility index (Phi) is 5.00. The quantitative estimate of drug-likeness (QED) is 0.891. The second-order valence-corrected chi connectivity index (χ2v) is 8.78. The number of amides is 1. The molecule has 1 fully saturated rings. The second-order valence-electron chi connectivity index (χ2n) is 8.78. The van der Waals surface area contributed by atoms with Gasteiger partial charge in [0.2, 0.25) is 0 Å². The van der Waals surface area contributed by atoms with Crippen molar-refractivity contribution in [3.63, 3.8) is 0 Å². The molecule has 0 aromatic carbocycles. The summed E-state index contributed by atoms with van der Waals surface area (Å²) < 4.78 is 0. The summed E-state index contributed by atoms with van der Waals surface area (Å²) in [5.41, 5.74) is 1.69. The third-order valence-corrected chi connectivity index (χ3v) is 5.20. The highest BCUT2D eigenvalue weighted by Crippen LogP contribution is 2.26. The molecule has 0 aliphatic carbocycles. The number of aromatic nitrogens is 2. The van der Waals surface area contributed by atoms with Crippen LogP contribution in [0.25, 0.3) is 0 Å². The zero-order valence-corrected chi connectivity index (χ0v) is 15.6. The van der Waals surface area contributed by atoms with Crippen LogP contribution in [0.4, 0.5) is 0 Å². The van der Waals surface area contributed by atoms with Crippen molar-refractivity contribution >= 4 is 5.91 Å². The van der Waals surface area contributed by atoms with Crippen molar-refractivity contribution in [3.8, 4) is 0 Å². The van der Waals surface area contributed by atoms with Gasteiger partial charge in [-0.2, -0.15) is 0 Å². The van der Waals surface area contributed by atoms with Crippen LogP contribution < -0.4 is 5.32 Å². The van der Waals surface area contributed by atoms with Crippen molar-refractivity contribution in [1.82, 2.24) is 20.2 Å². The highest BCUT2D eigenvalue weighted by atomic mass is 16.1. The first-order chi connectivity index (χ1) is 11.3. The predicted molar refractivity (Wildman–Crippen MR) is 96.2 cm³/mol. The minimum atomic E-state index is -0.0271. The summed E-state index contributed by atoms with van der Waals surface area (Å²) in [5.74, 6) is 1.64. The zero-order chi connectivity index (χ0) is 17.3. The zero-order valence-electron chi connectivity index (χ0n) is 15.6. The van der Waals surface area contributed by atoms with Crippen molar-refractivity contribution in [2.24, 2.45) is 11.3 Å². The number of rotatable bonds is 4. The fraction of sp³-hybridized carbons (Fsp3) is 0.789. The van der Waals surface area contributed by atoms with Gasteiger partial charge in [-0.3, -0.25) is 9.69 Å². The van der Waals surface area contributed by atoms with E-state index in [9.17, 15) is 4.79 Å². The number of likely N-dealkylation sites (tertiary alicyclic amines) is 1. The van der Waals surface area contributed by atoms with Gasteiger partial charge in [-0.25, -0.2) is 4.98 Å². The lowest BCUT2D eigenvalue weighted by molar-refractivity contribution is 0.0940. The minimum Gasteiger partial charge on any atom is -0.350 e. The monoisotopic (exact) mass is 332 g/mol.